The molecule has 8 N–H and O–H groups in total. The van der Waals surface area contributed by atoms with Crippen LogP contribution in [0, 0.1) is 0 Å². The number of nitrogens with one attached hydrogen (secondary N) is 2. The molecule has 0 fully saturated rings. The Hall–Kier alpha value is -4.16. The molecule has 0 unspecified atom stereocenters. The predicted octanol–water partition coefficient (Wildman–Crippen LogP) is 4.08. The van der Waals surface area contributed by atoms with Crippen molar-refractivity contribution in [2.45, 2.75) is 51.4 Å². The van der Waals surface area contributed by atoms with Crippen molar-refractivity contribution in [2.24, 2.45) is 11.7 Å². The van der Waals surface area contributed by atoms with Crippen molar-refractivity contribution in [3.05, 3.63) is 71.8 Å². The third-order valence-electron chi connectivity index (χ3n) is 4.82. The van der Waals surface area contributed by atoms with Crippen molar-refractivity contribution in [3.8, 4) is 0 Å². The first-order chi connectivity index (χ1) is 18.3. The zero-order chi connectivity index (χ0) is 28.4. The normalized spacial score (nSPS) is 9.42. The van der Waals surface area contributed by atoms with E-state index < -0.39 is 12.3 Å². The summed E-state index contributed by atoms with van der Waals surface area (Å²) in [6.07, 6.45) is 5.49. The highest BCUT2D eigenvalue weighted by molar-refractivity contribution is 5.94. The number of benzene rings is 2. The molecule has 12 nitrogen and oxygen atoms in total. The van der Waals surface area contributed by atoms with Gasteiger partial charge in [0.25, 0.3) is 11.8 Å². The smallest absolute Gasteiger partial charge is 0.450 e. The van der Waals surface area contributed by atoms with E-state index in [1.54, 1.807) is 48.5 Å². The van der Waals surface area contributed by atoms with Crippen LogP contribution in [0.3, 0.4) is 0 Å². The van der Waals surface area contributed by atoms with Gasteiger partial charge in [-0.15, -0.1) is 0 Å². The largest absolute Gasteiger partial charge is 0.505 e. The van der Waals surface area contributed by atoms with Gasteiger partial charge in [0, 0.05) is 11.1 Å². The molecule has 0 radical (unpaired) electrons. The molecule has 0 aliphatic rings. The molecule has 38 heavy (non-hydrogen) atoms. The quantitative estimate of drug-likeness (QED) is 0.0714. The fourth-order valence-electron chi connectivity index (χ4n) is 2.93. The fraction of sp³-hybridized carbons (Fsp3) is 0.385. The van der Waals surface area contributed by atoms with E-state index in [0.29, 0.717) is 11.1 Å². The summed E-state index contributed by atoms with van der Waals surface area (Å²) < 4.78 is 8.78. The molecule has 12 heteroatoms. The molecule has 0 aliphatic carbocycles. The molecule has 0 atom stereocenters. The number of hydrogen-bond acceptors (Lipinski definition) is 8. The van der Waals surface area contributed by atoms with Gasteiger partial charge in [0.1, 0.15) is 0 Å². The van der Waals surface area contributed by atoms with Gasteiger partial charge in [-0.1, -0.05) is 74.9 Å². The highest BCUT2D eigenvalue weighted by Crippen LogP contribution is 2.08. The maximum atomic E-state index is 10.8. The van der Waals surface area contributed by atoms with Crippen LogP contribution in [-0.4, -0.2) is 47.6 Å². The van der Waals surface area contributed by atoms with E-state index >= 15 is 0 Å². The molecule has 0 saturated heterocycles. The molecule has 0 bridgehead atoms. The lowest BCUT2D eigenvalue weighted by Crippen LogP contribution is -2.29. The first-order valence-electron chi connectivity index (χ1n) is 12.1. The van der Waals surface area contributed by atoms with Crippen molar-refractivity contribution in [2.75, 3.05) is 13.2 Å². The molecule has 2 aromatic carbocycles. The molecule has 0 heterocycles. The lowest BCUT2D eigenvalue weighted by Gasteiger charge is -2.02. The number of nitrogen functional groups attached to an aromatic ring is 2. The summed E-state index contributed by atoms with van der Waals surface area (Å²) in [6, 6.07) is 17.6. The van der Waals surface area contributed by atoms with Crippen LogP contribution < -0.4 is 22.5 Å². The van der Waals surface area contributed by atoms with E-state index in [9.17, 15) is 19.2 Å². The number of unbranched alkanes of at least 4 members (excludes halogenated alkanes) is 7. The Kier molecular flexibility index (Phi) is 20.7. The highest BCUT2D eigenvalue weighted by Gasteiger charge is 2.00. The second-order valence-corrected chi connectivity index (χ2v) is 7.74. The molecule has 0 saturated carbocycles. The maximum absolute atomic E-state index is 10.8. The van der Waals surface area contributed by atoms with Crippen molar-refractivity contribution >= 4 is 24.1 Å². The lowest BCUT2D eigenvalue weighted by atomic mass is 10.1. The number of carbonyl (C=O) groups is 4. The highest BCUT2D eigenvalue weighted by atomic mass is 16.7. The average molecular weight is 535 g/mol. The van der Waals surface area contributed by atoms with Gasteiger partial charge < -0.3 is 19.7 Å². The summed E-state index contributed by atoms with van der Waals surface area (Å²) in [5.41, 5.74) is 5.23. The maximum Gasteiger partial charge on any atom is 0.505 e. The molecule has 2 rings (SSSR count). The Morgan fingerprint density at radius 3 is 1.11 bits per heavy atom. The van der Waals surface area contributed by atoms with Crippen molar-refractivity contribution in [1.82, 2.24) is 10.9 Å². The Balaban J connectivity index is 0.000000579. The summed E-state index contributed by atoms with van der Waals surface area (Å²) >= 11 is 0. The zero-order valence-corrected chi connectivity index (χ0v) is 21.3. The first kappa shape index (κ1) is 33.8. The van der Waals surface area contributed by atoms with Crippen LogP contribution in [0.4, 0.5) is 9.59 Å². The number of ether oxygens (including phenoxy) is 2. The van der Waals surface area contributed by atoms with Crippen LogP contribution in [-0.2, 0) is 9.47 Å². The van der Waals surface area contributed by atoms with Gasteiger partial charge in [0.05, 0.1) is 13.2 Å². The minimum Gasteiger partial charge on any atom is -0.450 e. The van der Waals surface area contributed by atoms with Crippen molar-refractivity contribution < 1.29 is 38.9 Å². The second-order valence-electron chi connectivity index (χ2n) is 7.74. The first-order valence-corrected chi connectivity index (χ1v) is 12.1. The van der Waals surface area contributed by atoms with Gasteiger partial charge in [0.2, 0.25) is 0 Å². The van der Waals surface area contributed by atoms with Crippen LogP contribution in [0.2, 0.25) is 0 Å². The standard InChI is InChI=1S/C12H22O6.2C7H8N2O/c13-11(14)17-9-7-5-3-1-2-4-6-8-10-18-12(15)16;2*8-9-7(10)6-4-2-1-3-5-6/h1-10H2,(H,13,14)(H,15,16);2*1-5H,8H2,(H,9,10). The minimum absolute atomic E-state index is 0.263. The van der Waals surface area contributed by atoms with E-state index in [4.69, 9.17) is 21.9 Å². The van der Waals surface area contributed by atoms with Crippen LogP contribution in [0.5, 0.6) is 0 Å². The van der Waals surface area contributed by atoms with Crippen LogP contribution in [0.25, 0.3) is 0 Å². The van der Waals surface area contributed by atoms with E-state index in [2.05, 4.69) is 9.47 Å². The average Bonchev–Trinajstić information content (AvgIpc) is 2.94. The minimum atomic E-state index is -1.21. The lowest BCUT2D eigenvalue weighted by molar-refractivity contribution is 0.0884. The second kappa shape index (κ2) is 23.3. The summed E-state index contributed by atoms with van der Waals surface area (Å²) in [7, 11) is 0. The van der Waals surface area contributed by atoms with Crippen LogP contribution in [0.15, 0.2) is 60.7 Å². The fourth-order valence-corrected chi connectivity index (χ4v) is 2.93. The van der Waals surface area contributed by atoms with Crippen molar-refractivity contribution in [1.29, 1.82) is 0 Å². The van der Waals surface area contributed by atoms with E-state index in [1.165, 1.54) is 0 Å². The van der Waals surface area contributed by atoms with Gasteiger partial charge in [-0.05, 0) is 37.1 Å². The number of rotatable bonds is 13. The molecule has 2 amide bonds. The van der Waals surface area contributed by atoms with Gasteiger partial charge in [0.15, 0.2) is 0 Å². The number of hydrazine groups is 2. The third kappa shape index (κ3) is 20.1. The van der Waals surface area contributed by atoms with E-state index in [1.807, 2.05) is 23.0 Å². The molecule has 2 aromatic rings. The SMILES string of the molecule is NNC(=O)c1ccccc1.NNC(=O)c1ccccc1.O=C(O)OCCCCCCCCCCOC(=O)O. The van der Waals surface area contributed by atoms with Gasteiger partial charge in [-0.3, -0.25) is 20.4 Å². The molecular formula is C26H38N4O8. The number of carboxylic acid groups (broad SMARTS) is 2. The molecular weight excluding hydrogens is 496 g/mol. The Labute approximate surface area is 222 Å². The zero-order valence-electron chi connectivity index (χ0n) is 21.3. The van der Waals surface area contributed by atoms with Crippen molar-refractivity contribution in [3.63, 3.8) is 0 Å². The van der Waals surface area contributed by atoms with Crippen LogP contribution >= 0.6 is 0 Å². The number of hydrogen-bond donors (Lipinski definition) is 6. The number of nitrogens with two attached hydrogens (primary N) is 2. The van der Waals surface area contributed by atoms with Gasteiger partial charge in [-0.25, -0.2) is 21.3 Å². The molecule has 210 valence electrons. The Morgan fingerprint density at radius 2 is 0.842 bits per heavy atom. The summed E-state index contributed by atoms with van der Waals surface area (Å²) in [4.78, 5) is 41.6. The number of amides is 2. The number of carbonyl (C=O) groups excluding carboxylic acids is 2. The monoisotopic (exact) mass is 534 g/mol. The molecule has 0 aromatic heterocycles. The van der Waals surface area contributed by atoms with E-state index in [-0.39, 0.29) is 25.0 Å². The molecule has 0 spiro atoms. The van der Waals surface area contributed by atoms with Gasteiger partial charge in [-0.2, -0.15) is 0 Å². The summed E-state index contributed by atoms with van der Waals surface area (Å²) in [5.74, 6) is 9.28. The topological polar surface area (TPSA) is 203 Å². The molecule has 0 aliphatic heterocycles. The van der Waals surface area contributed by atoms with E-state index in [0.717, 1.165) is 51.4 Å². The Morgan fingerprint density at radius 1 is 0.553 bits per heavy atom. The Bertz CT molecular complexity index is 838. The predicted molar refractivity (Wildman–Crippen MR) is 141 cm³/mol. The van der Waals surface area contributed by atoms with Crippen LogP contribution in [0.1, 0.15) is 72.1 Å². The summed E-state index contributed by atoms with van der Waals surface area (Å²) in [6.45, 7) is 0.559. The summed E-state index contributed by atoms with van der Waals surface area (Å²) in [5, 5.41) is 16.4. The van der Waals surface area contributed by atoms with Gasteiger partial charge >= 0.3 is 12.3 Å². The third-order valence-corrected chi connectivity index (χ3v) is 4.82.